The topological polar surface area (TPSA) is 67.8 Å². The van der Waals surface area contributed by atoms with Crippen molar-refractivity contribution in [1.29, 1.82) is 0 Å². The van der Waals surface area contributed by atoms with Gasteiger partial charge < -0.3 is 15.1 Å². The molecule has 18 heavy (non-hydrogen) atoms. The van der Waals surface area contributed by atoms with Crippen LogP contribution >= 0.6 is 0 Å². The number of halogens is 1. The fourth-order valence-electron chi connectivity index (χ4n) is 1.92. The normalized spacial score (nSPS) is 13.1. The van der Waals surface area contributed by atoms with Crippen LogP contribution in [0.15, 0.2) is 35.0 Å². The molecule has 0 saturated heterocycles. The second-order valence-corrected chi connectivity index (χ2v) is 4.24. The van der Waals surface area contributed by atoms with Crippen LogP contribution in [0, 0.1) is 5.82 Å². The predicted octanol–water partition coefficient (Wildman–Crippen LogP) is 2.98. The Kier molecular flexibility index (Phi) is 2.41. The van der Waals surface area contributed by atoms with Gasteiger partial charge in [0, 0.05) is 22.7 Å². The molecule has 1 aromatic carbocycles. The van der Waals surface area contributed by atoms with Gasteiger partial charge >= 0.3 is 0 Å². The molecule has 92 valence electrons. The third kappa shape index (κ3) is 1.69. The van der Waals surface area contributed by atoms with Crippen molar-refractivity contribution < 1.29 is 8.81 Å². The van der Waals surface area contributed by atoms with Gasteiger partial charge in [0.2, 0.25) is 5.89 Å². The molecule has 2 heterocycles. The van der Waals surface area contributed by atoms with Crippen molar-refractivity contribution in [3.05, 3.63) is 42.3 Å². The average molecular weight is 245 g/mol. The van der Waals surface area contributed by atoms with Crippen molar-refractivity contribution in [3.63, 3.8) is 0 Å². The van der Waals surface area contributed by atoms with E-state index in [0.29, 0.717) is 11.7 Å². The molecule has 3 rings (SSSR count). The number of nitrogens with one attached hydrogen (secondary N) is 1. The van der Waals surface area contributed by atoms with Crippen molar-refractivity contribution in [3.8, 4) is 11.3 Å². The molecule has 0 radical (unpaired) electrons. The lowest BCUT2D eigenvalue weighted by molar-refractivity contribution is 0.474. The number of hydrogen-bond acceptors (Lipinski definition) is 3. The van der Waals surface area contributed by atoms with Crippen LogP contribution < -0.4 is 5.73 Å². The van der Waals surface area contributed by atoms with Gasteiger partial charge in [0.05, 0.1) is 12.2 Å². The van der Waals surface area contributed by atoms with E-state index < -0.39 is 0 Å². The number of benzene rings is 1. The Morgan fingerprint density at radius 3 is 3.00 bits per heavy atom. The fraction of sp³-hybridized carbons (Fsp3) is 0.154. The number of rotatable bonds is 2. The number of aromatic amines is 1. The van der Waals surface area contributed by atoms with Gasteiger partial charge in [0.15, 0.2) is 5.76 Å². The average Bonchev–Trinajstić information content (AvgIpc) is 2.93. The van der Waals surface area contributed by atoms with Gasteiger partial charge in [-0.25, -0.2) is 9.37 Å². The molecule has 0 aliphatic heterocycles. The smallest absolute Gasteiger partial charge is 0.211 e. The van der Waals surface area contributed by atoms with Crippen LogP contribution in [-0.4, -0.2) is 9.97 Å². The molecule has 5 heteroatoms. The highest BCUT2D eigenvalue weighted by molar-refractivity contribution is 5.94. The monoisotopic (exact) mass is 245 g/mol. The Labute approximate surface area is 103 Å². The summed E-state index contributed by atoms with van der Waals surface area (Å²) in [5, 5.41) is 0.766. The highest BCUT2D eigenvalue weighted by atomic mass is 19.1. The quantitative estimate of drug-likeness (QED) is 0.729. The molecule has 4 nitrogen and oxygen atoms in total. The molecule has 0 aliphatic rings. The van der Waals surface area contributed by atoms with Crippen LogP contribution in [0.5, 0.6) is 0 Å². The van der Waals surface area contributed by atoms with Crippen LogP contribution in [0.2, 0.25) is 0 Å². The first-order chi connectivity index (χ1) is 8.65. The van der Waals surface area contributed by atoms with E-state index in [9.17, 15) is 4.39 Å². The van der Waals surface area contributed by atoms with Crippen LogP contribution in [0.1, 0.15) is 18.9 Å². The first-order valence-electron chi connectivity index (χ1n) is 5.63. The highest BCUT2D eigenvalue weighted by Gasteiger charge is 2.13. The van der Waals surface area contributed by atoms with Gasteiger partial charge in [0.1, 0.15) is 5.82 Å². The Morgan fingerprint density at radius 2 is 2.28 bits per heavy atom. The lowest BCUT2D eigenvalue weighted by Crippen LogP contribution is -2.04. The standard InChI is InChI=1S/C13H12FN3O/c1-7(15)13-17-6-12(18-13)10-5-16-11-3-2-8(14)4-9(10)11/h2-7,16H,15H2,1H3. The molecule has 0 aliphatic carbocycles. The molecule has 1 unspecified atom stereocenters. The molecule has 0 amide bonds. The Hall–Kier alpha value is -2.14. The van der Waals surface area contributed by atoms with E-state index in [1.807, 2.05) is 0 Å². The van der Waals surface area contributed by atoms with Crippen molar-refractivity contribution in [2.24, 2.45) is 5.73 Å². The second-order valence-electron chi connectivity index (χ2n) is 4.24. The largest absolute Gasteiger partial charge is 0.439 e. The Morgan fingerprint density at radius 1 is 1.44 bits per heavy atom. The molecular weight excluding hydrogens is 233 g/mol. The van der Waals surface area contributed by atoms with E-state index >= 15 is 0 Å². The van der Waals surface area contributed by atoms with Crippen LogP contribution in [0.4, 0.5) is 4.39 Å². The number of oxazole rings is 1. The summed E-state index contributed by atoms with van der Waals surface area (Å²) in [7, 11) is 0. The van der Waals surface area contributed by atoms with Gasteiger partial charge in [-0.3, -0.25) is 0 Å². The molecular formula is C13H12FN3O. The summed E-state index contributed by atoms with van der Waals surface area (Å²) >= 11 is 0. The third-order valence-electron chi connectivity index (χ3n) is 2.82. The fourth-order valence-corrected chi connectivity index (χ4v) is 1.92. The zero-order chi connectivity index (χ0) is 12.7. The van der Waals surface area contributed by atoms with E-state index in [-0.39, 0.29) is 11.9 Å². The van der Waals surface area contributed by atoms with Gasteiger partial charge in [-0.05, 0) is 25.1 Å². The van der Waals surface area contributed by atoms with E-state index in [2.05, 4.69) is 9.97 Å². The zero-order valence-corrected chi connectivity index (χ0v) is 9.77. The number of nitrogens with two attached hydrogens (primary N) is 1. The number of nitrogens with zero attached hydrogens (tertiary/aromatic N) is 1. The summed E-state index contributed by atoms with van der Waals surface area (Å²) in [5.74, 6) is 0.769. The number of H-pyrrole nitrogens is 1. The summed E-state index contributed by atoms with van der Waals surface area (Å²) in [6.45, 7) is 1.80. The molecule has 1 atom stereocenters. The zero-order valence-electron chi connectivity index (χ0n) is 9.77. The van der Waals surface area contributed by atoms with Crippen LogP contribution in [0.3, 0.4) is 0 Å². The first-order valence-corrected chi connectivity index (χ1v) is 5.63. The van der Waals surface area contributed by atoms with Crippen LogP contribution in [-0.2, 0) is 0 Å². The van der Waals surface area contributed by atoms with E-state index in [4.69, 9.17) is 10.2 Å². The first kappa shape index (κ1) is 11.0. The second kappa shape index (κ2) is 3.96. The maximum Gasteiger partial charge on any atom is 0.211 e. The van der Waals surface area contributed by atoms with Gasteiger partial charge in [-0.2, -0.15) is 0 Å². The Bertz CT molecular complexity index is 699. The molecule has 0 bridgehead atoms. The summed E-state index contributed by atoms with van der Waals surface area (Å²) < 4.78 is 18.8. The lowest BCUT2D eigenvalue weighted by Gasteiger charge is -1.97. The number of fused-ring (bicyclic) bond motifs is 1. The van der Waals surface area contributed by atoms with Gasteiger partial charge in [0.25, 0.3) is 0 Å². The van der Waals surface area contributed by atoms with Crippen molar-refractivity contribution in [2.45, 2.75) is 13.0 Å². The molecule has 0 saturated carbocycles. The lowest BCUT2D eigenvalue weighted by atomic mass is 10.1. The van der Waals surface area contributed by atoms with Crippen molar-refractivity contribution in [1.82, 2.24) is 9.97 Å². The maximum absolute atomic E-state index is 13.3. The molecule has 3 N–H and O–H groups in total. The molecule has 3 aromatic rings. The minimum Gasteiger partial charge on any atom is -0.439 e. The Balaban J connectivity index is 2.15. The summed E-state index contributed by atoms with van der Waals surface area (Å²) in [5.41, 5.74) is 7.33. The van der Waals surface area contributed by atoms with Crippen LogP contribution in [0.25, 0.3) is 22.2 Å². The van der Waals surface area contributed by atoms with E-state index in [0.717, 1.165) is 16.5 Å². The highest BCUT2D eigenvalue weighted by Crippen LogP contribution is 2.30. The summed E-state index contributed by atoms with van der Waals surface area (Å²) in [6.07, 6.45) is 3.38. The number of aromatic nitrogens is 2. The summed E-state index contributed by atoms with van der Waals surface area (Å²) in [6, 6.07) is 4.31. The van der Waals surface area contributed by atoms with Crippen molar-refractivity contribution in [2.75, 3.05) is 0 Å². The summed E-state index contributed by atoms with van der Waals surface area (Å²) in [4.78, 5) is 7.17. The number of hydrogen-bond donors (Lipinski definition) is 2. The minimum atomic E-state index is -0.282. The predicted molar refractivity (Wildman–Crippen MR) is 66.4 cm³/mol. The third-order valence-corrected chi connectivity index (χ3v) is 2.82. The van der Waals surface area contributed by atoms with Crippen molar-refractivity contribution >= 4 is 10.9 Å². The van der Waals surface area contributed by atoms with Gasteiger partial charge in [-0.1, -0.05) is 0 Å². The molecule has 2 aromatic heterocycles. The van der Waals surface area contributed by atoms with E-state index in [1.54, 1.807) is 25.4 Å². The molecule has 0 fully saturated rings. The SMILES string of the molecule is CC(N)c1ncc(-c2c[nH]c3ccc(F)cc23)o1. The molecule has 0 spiro atoms. The van der Waals surface area contributed by atoms with Gasteiger partial charge in [-0.15, -0.1) is 0 Å². The van der Waals surface area contributed by atoms with E-state index in [1.165, 1.54) is 12.1 Å². The minimum absolute atomic E-state index is 0.263. The maximum atomic E-state index is 13.3.